The number of halogens is 3. The molecule has 0 spiro atoms. The summed E-state index contributed by atoms with van der Waals surface area (Å²) < 4.78 is 45.4. The highest BCUT2D eigenvalue weighted by atomic mass is 19.4. The van der Waals surface area contributed by atoms with E-state index in [9.17, 15) is 18.0 Å². The quantitative estimate of drug-likeness (QED) is 0.789. The molecule has 0 aliphatic heterocycles. The first-order valence-electron chi connectivity index (χ1n) is 5.66. The van der Waals surface area contributed by atoms with Crippen molar-refractivity contribution < 1.29 is 27.4 Å². The van der Waals surface area contributed by atoms with Crippen LogP contribution in [0.3, 0.4) is 0 Å². The molecule has 0 amide bonds. The lowest BCUT2D eigenvalue weighted by molar-refractivity contribution is -0.274. The molecule has 0 saturated heterocycles. The summed E-state index contributed by atoms with van der Waals surface area (Å²) in [5.74, 6) is -1.41. The van der Waals surface area contributed by atoms with Gasteiger partial charge in [-0.1, -0.05) is 0 Å². The van der Waals surface area contributed by atoms with Crippen LogP contribution in [0.15, 0.2) is 6.07 Å². The highest BCUT2D eigenvalue weighted by Crippen LogP contribution is 2.29. The highest BCUT2D eigenvalue weighted by molar-refractivity contribution is 5.73. The van der Waals surface area contributed by atoms with Crippen molar-refractivity contribution in [3.63, 3.8) is 0 Å². The van der Waals surface area contributed by atoms with Gasteiger partial charge in [-0.2, -0.15) is 0 Å². The Hall–Kier alpha value is -2.03. The van der Waals surface area contributed by atoms with Crippen LogP contribution in [0.25, 0.3) is 0 Å². The van der Waals surface area contributed by atoms with Crippen LogP contribution < -0.4 is 16.2 Å². The summed E-state index contributed by atoms with van der Waals surface area (Å²) in [6, 6.07) is 0.907. The van der Waals surface area contributed by atoms with Crippen LogP contribution in [0, 0.1) is 0 Å². The van der Waals surface area contributed by atoms with Crippen LogP contribution in [0.1, 0.15) is 18.2 Å². The Kier molecular flexibility index (Phi) is 5.14. The number of nitrogens with zero attached hydrogens (tertiary/aromatic N) is 1. The molecule has 0 bridgehead atoms. The van der Waals surface area contributed by atoms with Gasteiger partial charge in [-0.05, 0) is 6.92 Å². The predicted molar refractivity (Wildman–Crippen MR) is 63.6 cm³/mol. The third-order valence-electron chi connectivity index (χ3n) is 2.24. The molecule has 0 aliphatic carbocycles. The Morgan fingerprint density at radius 2 is 2.10 bits per heavy atom. The molecular formula is C11H14F3N3O3. The number of hydrogen-bond acceptors (Lipinski definition) is 6. The molecule has 1 rings (SSSR count). The number of aromatic nitrogens is 1. The summed E-state index contributed by atoms with van der Waals surface area (Å²) in [6.07, 6.45) is -5.22. The summed E-state index contributed by atoms with van der Waals surface area (Å²) in [5.41, 5.74) is 10.8. The van der Waals surface area contributed by atoms with Crippen molar-refractivity contribution in [1.82, 2.24) is 4.98 Å². The fourth-order valence-electron chi connectivity index (χ4n) is 1.55. The number of rotatable bonds is 5. The van der Waals surface area contributed by atoms with Crippen molar-refractivity contribution in [2.75, 3.05) is 12.3 Å². The van der Waals surface area contributed by atoms with E-state index in [1.807, 2.05) is 0 Å². The second kappa shape index (κ2) is 6.42. The Balaban J connectivity index is 3.13. The normalized spacial score (nSPS) is 11.2. The van der Waals surface area contributed by atoms with E-state index in [4.69, 9.17) is 16.2 Å². The van der Waals surface area contributed by atoms with Crippen LogP contribution in [0.5, 0.6) is 5.75 Å². The Morgan fingerprint density at radius 1 is 1.45 bits per heavy atom. The van der Waals surface area contributed by atoms with Crippen molar-refractivity contribution in [3.8, 4) is 5.75 Å². The lowest BCUT2D eigenvalue weighted by Crippen LogP contribution is -2.21. The monoisotopic (exact) mass is 293 g/mol. The molecule has 0 atom stereocenters. The first-order valence-corrected chi connectivity index (χ1v) is 5.66. The molecule has 0 unspecified atom stereocenters. The fraction of sp³-hybridized carbons (Fsp3) is 0.455. The lowest BCUT2D eigenvalue weighted by Gasteiger charge is -2.15. The number of carbonyl (C=O) groups is 1. The number of ether oxygens (including phenoxy) is 2. The summed E-state index contributed by atoms with van der Waals surface area (Å²) >= 11 is 0. The zero-order chi connectivity index (χ0) is 15.3. The molecule has 0 saturated carbocycles. The van der Waals surface area contributed by atoms with Gasteiger partial charge in [-0.3, -0.25) is 4.79 Å². The molecule has 0 fully saturated rings. The second-order valence-corrected chi connectivity index (χ2v) is 3.70. The average molecular weight is 293 g/mol. The minimum atomic E-state index is -4.89. The van der Waals surface area contributed by atoms with Gasteiger partial charge in [0.25, 0.3) is 0 Å². The van der Waals surface area contributed by atoms with Crippen molar-refractivity contribution in [2.45, 2.75) is 26.3 Å². The number of alkyl halides is 3. The van der Waals surface area contributed by atoms with Crippen LogP contribution in [-0.2, 0) is 22.5 Å². The number of hydrogen-bond donors (Lipinski definition) is 2. The summed E-state index contributed by atoms with van der Waals surface area (Å²) in [6.45, 7) is 1.46. The maximum absolute atomic E-state index is 12.3. The topological polar surface area (TPSA) is 100 Å². The molecule has 4 N–H and O–H groups in total. The molecule has 112 valence electrons. The van der Waals surface area contributed by atoms with E-state index < -0.39 is 18.1 Å². The van der Waals surface area contributed by atoms with Crippen molar-refractivity contribution in [1.29, 1.82) is 0 Å². The van der Waals surface area contributed by atoms with Gasteiger partial charge in [0.15, 0.2) is 0 Å². The Bertz CT molecular complexity index is 492. The van der Waals surface area contributed by atoms with Gasteiger partial charge in [-0.15, -0.1) is 13.2 Å². The molecule has 0 aromatic carbocycles. The van der Waals surface area contributed by atoms with E-state index in [1.54, 1.807) is 6.92 Å². The van der Waals surface area contributed by atoms with E-state index in [0.717, 1.165) is 6.07 Å². The number of anilines is 1. The number of nitrogen functional groups attached to an aromatic ring is 1. The molecule has 1 aromatic rings. The van der Waals surface area contributed by atoms with Gasteiger partial charge in [-0.25, -0.2) is 4.98 Å². The third kappa shape index (κ3) is 4.57. The Morgan fingerprint density at radius 3 is 2.60 bits per heavy atom. The Labute approximate surface area is 112 Å². The molecule has 9 heteroatoms. The first-order chi connectivity index (χ1) is 9.26. The molecule has 20 heavy (non-hydrogen) atoms. The molecule has 6 nitrogen and oxygen atoms in total. The van der Waals surface area contributed by atoms with E-state index in [0.29, 0.717) is 0 Å². The molecule has 1 aromatic heterocycles. The number of carbonyl (C=O) groups excluding carboxylic acids is 1. The first kappa shape index (κ1) is 16.0. The van der Waals surface area contributed by atoms with Crippen molar-refractivity contribution in [2.24, 2.45) is 5.73 Å². The zero-order valence-corrected chi connectivity index (χ0v) is 10.7. The van der Waals surface area contributed by atoms with Gasteiger partial charge in [0, 0.05) is 18.2 Å². The maximum atomic E-state index is 12.3. The van der Waals surface area contributed by atoms with E-state index in [1.165, 1.54) is 0 Å². The molecule has 0 aliphatic rings. The summed E-state index contributed by atoms with van der Waals surface area (Å²) in [5, 5.41) is 0. The number of esters is 1. The summed E-state index contributed by atoms with van der Waals surface area (Å²) in [4.78, 5) is 15.2. The molecular weight excluding hydrogens is 279 g/mol. The minimum Gasteiger partial charge on any atom is -0.466 e. The van der Waals surface area contributed by atoms with E-state index in [-0.39, 0.29) is 36.6 Å². The predicted octanol–water partition coefficient (Wildman–Crippen LogP) is 1.13. The zero-order valence-electron chi connectivity index (χ0n) is 10.7. The smallest absolute Gasteiger partial charge is 0.466 e. The van der Waals surface area contributed by atoms with Crippen LogP contribution in [0.4, 0.5) is 19.0 Å². The molecule has 0 radical (unpaired) electrons. The highest BCUT2D eigenvalue weighted by Gasteiger charge is 2.33. The van der Waals surface area contributed by atoms with E-state index >= 15 is 0 Å². The van der Waals surface area contributed by atoms with Crippen molar-refractivity contribution >= 4 is 11.8 Å². The van der Waals surface area contributed by atoms with Gasteiger partial charge >= 0.3 is 12.3 Å². The third-order valence-corrected chi connectivity index (χ3v) is 2.24. The van der Waals surface area contributed by atoms with Crippen LogP contribution >= 0.6 is 0 Å². The van der Waals surface area contributed by atoms with Gasteiger partial charge < -0.3 is 20.9 Å². The SMILES string of the molecule is CCOC(=O)Cc1nc(N)cc(OC(F)(F)F)c1CN. The molecule has 1 heterocycles. The van der Waals surface area contributed by atoms with Gasteiger partial charge in [0.2, 0.25) is 0 Å². The largest absolute Gasteiger partial charge is 0.573 e. The average Bonchev–Trinajstić information content (AvgIpc) is 2.26. The van der Waals surface area contributed by atoms with Gasteiger partial charge in [0.1, 0.15) is 11.6 Å². The summed E-state index contributed by atoms with van der Waals surface area (Å²) in [7, 11) is 0. The standard InChI is InChI=1S/C11H14F3N3O3/c1-2-19-10(18)3-7-6(5-15)8(4-9(16)17-7)20-11(12,13)14/h4H,2-3,5,15H2,1H3,(H2,16,17). The fourth-order valence-corrected chi connectivity index (χ4v) is 1.55. The van der Waals surface area contributed by atoms with E-state index in [2.05, 4.69) is 9.72 Å². The lowest BCUT2D eigenvalue weighted by atomic mass is 10.1. The van der Waals surface area contributed by atoms with Crippen molar-refractivity contribution in [3.05, 3.63) is 17.3 Å². The number of nitrogens with two attached hydrogens (primary N) is 2. The van der Waals surface area contributed by atoms with Crippen LogP contribution in [-0.4, -0.2) is 23.9 Å². The number of pyridine rings is 1. The van der Waals surface area contributed by atoms with Gasteiger partial charge in [0.05, 0.1) is 18.7 Å². The maximum Gasteiger partial charge on any atom is 0.573 e. The van der Waals surface area contributed by atoms with Crippen LogP contribution in [0.2, 0.25) is 0 Å². The minimum absolute atomic E-state index is 0.00481. The second-order valence-electron chi connectivity index (χ2n) is 3.70.